The maximum Gasteiger partial charge on any atom is 0.269 e. The Labute approximate surface area is 172 Å². The first-order chi connectivity index (χ1) is 14.0. The summed E-state index contributed by atoms with van der Waals surface area (Å²) in [6.45, 7) is 2.31. The van der Waals surface area contributed by atoms with Gasteiger partial charge in [-0.3, -0.25) is 4.79 Å². The number of carbonyl (C=O) groups excluding carboxylic acids is 1. The molecule has 0 spiro atoms. The highest BCUT2D eigenvalue weighted by Gasteiger charge is 2.41. The Balaban J connectivity index is 1.60. The third-order valence-corrected chi connectivity index (χ3v) is 7.21. The van der Waals surface area contributed by atoms with Gasteiger partial charge in [-0.15, -0.1) is 11.3 Å². The average Bonchev–Trinajstić information content (AvgIpc) is 3.27. The fraction of sp³-hybridized carbons (Fsp3) is 0.200. The Kier molecular flexibility index (Phi) is 5.01. The molecule has 3 aromatic rings. The van der Waals surface area contributed by atoms with Gasteiger partial charge < -0.3 is 9.47 Å². The molecule has 150 valence electrons. The summed E-state index contributed by atoms with van der Waals surface area (Å²) in [4.78, 5) is 17.1. The minimum absolute atomic E-state index is 0.0386. The quantitative estimate of drug-likeness (QED) is 0.594. The van der Waals surface area contributed by atoms with Crippen LogP contribution in [0.25, 0.3) is 10.6 Å². The lowest BCUT2D eigenvalue weighted by Gasteiger charge is -2.13. The van der Waals surface area contributed by atoms with E-state index in [1.165, 1.54) is 23.5 Å². The van der Waals surface area contributed by atoms with Crippen LogP contribution in [0.3, 0.4) is 0 Å². The standard InChI is InChI=1S/C20H18N2O5S2/c1-3-27-16-9-8-13(10-17(16)26-2)19-21-14(12-28-19)11-22-20(23)15-6-4-5-7-18(15)29(22,24)25/h4-10,12H,3,11H2,1-2H3. The van der Waals surface area contributed by atoms with Gasteiger partial charge in [-0.1, -0.05) is 12.1 Å². The van der Waals surface area contributed by atoms with E-state index in [4.69, 9.17) is 9.47 Å². The van der Waals surface area contributed by atoms with Crippen molar-refractivity contribution >= 4 is 27.3 Å². The molecule has 0 unspecified atom stereocenters. The number of amides is 1. The van der Waals surface area contributed by atoms with E-state index >= 15 is 0 Å². The summed E-state index contributed by atoms with van der Waals surface area (Å²) in [5.74, 6) is 0.703. The monoisotopic (exact) mass is 430 g/mol. The Bertz CT molecular complexity index is 1190. The normalized spacial score (nSPS) is 14.7. The van der Waals surface area contributed by atoms with Gasteiger partial charge in [-0.25, -0.2) is 17.7 Å². The number of rotatable bonds is 6. The molecular weight excluding hydrogens is 412 g/mol. The van der Waals surface area contributed by atoms with Crippen LogP contribution in [-0.4, -0.2) is 37.3 Å². The first kappa shape index (κ1) is 19.4. The Morgan fingerprint density at radius 3 is 2.66 bits per heavy atom. The maximum absolute atomic E-state index is 12.7. The highest BCUT2D eigenvalue weighted by molar-refractivity contribution is 7.90. The predicted octanol–water partition coefficient (Wildman–Crippen LogP) is 3.56. The van der Waals surface area contributed by atoms with Gasteiger partial charge >= 0.3 is 0 Å². The summed E-state index contributed by atoms with van der Waals surface area (Å²) in [5, 5.41) is 2.45. The zero-order valence-corrected chi connectivity index (χ0v) is 17.4. The molecule has 29 heavy (non-hydrogen) atoms. The van der Waals surface area contributed by atoms with E-state index in [1.54, 1.807) is 24.6 Å². The third-order valence-electron chi connectivity index (χ3n) is 4.48. The molecule has 4 rings (SSSR count). The molecule has 2 heterocycles. The van der Waals surface area contributed by atoms with Gasteiger partial charge in [-0.2, -0.15) is 0 Å². The van der Waals surface area contributed by atoms with Gasteiger partial charge in [0.2, 0.25) is 0 Å². The maximum atomic E-state index is 12.7. The van der Waals surface area contributed by atoms with E-state index in [-0.39, 0.29) is 17.0 Å². The minimum atomic E-state index is -3.86. The molecule has 0 atom stereocenters. The lowest BCUT2D eigenvalue weighted by atomic mass is 10.2. The van der Waals surface area contributed by atoms with Crippen LogP contribution in [0.4, 0.5) is 0 Å². The van der Waals surface area contributed by atoms with Crippen molar-refractivity contribution in [3.8, 4) is 22.1 Å². The van der Waals surface area contributed by atoms with Gasteiger partial charge in [-0.05, 0) is 37.3 Å². The van der Waals surface area contributed by atoms with E-state index in [0.29, 0.717) is 28.8 Å². The fourth-order valence-electron chi connectivity index (χ4n) is 3.12. The highest BCUT2D eigenvalue weighted by atomic mass is 32.2. The first-order valence-electron chi connectivity index (χ1n) is 8.87. The molecule has 0 saturated heterocycles. The summed E-state index contributed by atoms with van der Waals surface area (Å²) in [7, 11) is -2.29. The SMILES string of the molecule is CCOc1ccc(-c2nc(CN3C(=O)c4ccccc4S3(=O)=O)cs2)cc1OC. The number of benzene rings is 2. The number of ether oxygens (including phenoxy) is 2. The molecule has 9 heteroatoms. The van der Waals surface area contributed by atoms with Crippen molar-refractivity contribution in [2.75, 3.05) is 13.7 Å². The number of thiazole rings is 1. The summed E-state index contributed by atoms with van der Waals surface area (Å²) in [6, 6.07) is 11.7. The average molecular weight is 431 g/mol. The van der Waals surface area contributed by atoms with Gasteiger partial charge in [0.25, 0.3) is 15.9 Å². The van der Waals surface area contributed by atoms with Gasteiger partial charge in [0.05, 0.1) is 31.5 Å². The van der Waals surface area contributed by atoms with Crippen LogP contribution >= 0.6 is 11.3 Å². The van der Waals surface area contributed by atoms with E-state index in [0.717, 1.165) is 9.87 Å². The van der Waals surface area contributed by atoms with Crippen molar-refractivity contribution in [3.05, 3.63) is 59.1 Å². The molecule has 0 fully saturated rings. The minimum Gasteiger partial charge on any atom is -0.493 e. The van der Waals surface area contributed by atoms with Crippen LogP contribution in [0.15, 0.2) is 52.7 Å². The fourth-order valence-corrected chi connectivity index (χ4v) is 5.47. The molecule has 1 amide bonds. The van der Waals surface area contributed by atoms with E-state index in [2.05, 4.69) is 4.98 Å². The molecule has 1 aliphatic rings. The first-order valence-corrected chi connectivity index (χ1v) is 11.2. The lowest BCUT2D eigenvalue weighted by Crippen LogP contribution is -2.29. The summed E-state index contributed by atoms with van der Waals surface area (Å²) in [6.07, 6.45) is 0. The number of fused-ring (bicyclic) bond motifs is 1. The second kappa shape index (κ2) is 7.49. The summed E-state index contributed by atoms with van der Waals surface area (Å²) < 4.78 is 37.2. The van der Waals surface area contributed by atoms with E-state index in [9.17, 15) is 13.2 Å². The van der Waals surface area contributed by atoms with E-state index < -0.39 is 15.9 Å². The number of nitrogens with zero attached hydrogens (tertiary/aromatic N) is 2. The summed E-state index contributed by atoms with van der Waals surface area (Å²) in [5.41, 5.74) is 1.52. The molecular formula is C20H18N2O5S2. The van der Waals surface area contributed by atoms with Crippen molar-refractivity contribution in [1.29, 1.82) is 0 Å². The summed E-state index contributed by atoms with van der Waals surface area (Å²) >= 11 is 1.37. The predicted molar refractivity (Wildman–Crippen MR) is 109 cm³/mol. The molecule has 0 aliphatic carbocycles. The van der Waals surface area contributed by atoms with Crippen LogP contribution in [0.1, 0.15) is 23.0 Å². The number of hydrogen-bond donors (Lipinski definition) is 0. The molecule has 0 radical (unpaired) electrons. The van der Waals surface area contributed by atoms with Crippen LogP contribution in [0.5, 0.6) is 11.5 Å². The third kappa shape index (κ3) is 3.36. The van der Waals surface area contributed by atoms with Crippen molar-refractivity contribution < 1.29 is 22.7 Å². The number of carbonyl (C=O) groups is 1. The molecule has 2 aromatic carbocycles. The molecule has 0 bridgehead atoms. The zero-order chi connectivity index (χ0) is 20.6. The number of methoxy groups -OCH3 is 1. The van der Waals surface area contributed by atoms with Gasteiger partial charge in [0.1, 0.15) is 9.90 Å². The Morgan fingerprint density at radius 1 is 1.14 bits per heavy atom. The topological polar surface area (TPSA) is 85.8 Å². The van der Waals surface area contributed by atoms with Crippen molar-refractivity contribution in [1.82, 2.24) is 9.29 Å². The number of sulfonamides is 1. The van der Waals surface area contributed by atoms with Crippen LogP contribution in [-0.2, 0) is 16.6 Å². The Hall–Kier alpha value is -2.91. The van der Waals surface area contributed by atoms with Crippen LogP contribution in [0.2, 0.25) is 0 Å². The number of hydrogen-bond acceptors (Lipinski definition) is 7. The van der Waals surface area contributed by atoms with E-state index in [1.807, 2.05) is 25.1 Å². The van der Waals surface area contributed by atoms with Crippen molar-refractivity contribution in [3.63, 3.8) is 0 Å². The largest absolute Gasteiger partial charge is 0.493 e. The number of aromatic nitrogens is 1. The van der Waals surface area contributed by atoms with Gasteiger partial charge in [0, 0.05) is 10.9 Å². The second-order valence-electron chi connectivity index (χ2n) is 6.26. The van der Waals surface area contributed by atoms with Crippen LogP contribution in [0, 0.1) is 0 Å². The second-order valence-corrected chi connectivity index (χ2v) is 8.94. The Morgan fingerprint density at radius 2 is 1.93 bits per heavy atom. The molecule has 1 aliphatic heterocycles. The van der Waals surface area contributed by atoms with Crippen molar-refractivity contribution in [2.24, 2.45) is 0 Å². The molecule has 0 saturated carbocycles. The zero-order valence-electron chi connectivity index (χ0n) is 15.8. The smallest absolute Gasteiger partial charge is 0.269 e. The van der Waals surface area contributed by atoms with Gasteiger partial charge in [0.15, 0.2) is 11.5 Å². The van der Waals surface area contributed by atoms with Crippen LogP contribution < -0.4 is 9.47 Å². The van der Waals surface area contributed by atoms with Crippen molar-refractivity contribution in [2.45, 2.75) is 18.4 Å². The lowest BCUT2D eigenvalue weighted by molar-refractivity contribution is 0.0864. The molecule has 0 N–H and O–H groups in total. The molecule has 7 nitrogen and oxygen atoms in total. The highest BCUT2D eigenvalue weighted by Crippen LogP contribution is 2.35. The molecule has 1 aromatic heterocycles.